The van der Waals surface area contributed by atoms with Crippen LogP contribution in [0.25, 0.3) is 0 Å². The molecule has 21 heavy (non-hydrogen) atoms. The van der Waals surface area contributed by atoms with Crippen molar-refractivity contribution in [3.05, 3.63) is 29.3 Å². The van der Waals surface area contributed by atoms with Crippen LogP contribution in [0.4, 0.5) is 5.69 Å². The van der Waals surface area contributed by atoms with Crippen LogP contribution in [0.2, 0.25) is 0 Å². The van der Waals surface area contributed by atoms with Crippen LogP contribution in [0.1, 0.15) is 38.3 Å². The Hall–Kier alpha value is -1.68. The van der Waals surface area contributed by atoms with E-state index in [2.05, 4.69) is 11.4 Å². The fourth-order valence-corrected chi connectivity index (χ4v) is 3.24. The minimum Gasteiger partial charge on any atom is -0.312 e. The molecule has 0 bridgehead atoms. The highest BCUT2D eigenvalue weighted by molar-refractivity contribution is 6.22. The van der Waals surface area contributed by atoms with Gasteiger partial charge in [-0.1, -0.05) is 26.0 Å². The van der Waals surface area contributed by atoms with Gasteiger partial charge < -0.3 is 5.32 Å². The minimum absolute atomic E-state index is 0.0542. The maximum Gasteiger partial charge on any atom is 0.240 e. The highest BCUT2D eigenvalue weighted by Crippen LogP contribution is 2.42. The summed E-state index contributed by atoms with van der Waals surface area (Å²) >= 11 is 0. The van der Waals surface area contributed by atoms with Crippen molar-refractivity contribution in [2.24, 2.45) is 11.3 Å². The largest absolute Gasteiger partial charge is 0.312 e. The Morgan fingerprint density at radius 3 is 2.71 bits per heavy atom. The second kappa shape index (κ2) is 4.95. The van der Waals surface area contributed by atoms with Gasteiger partial charge in [-0.15, -0.1) is 0 Å². The number of rotatable bonds is 2. The topological polar surface area (TPSA) is 49.4 Å². The first kappa shape index (κ1) is 14.3. The van der Waals surface area contributed by atoms with Crippen LogP contribution in [0.3, 0.4) is 0 Å². The number of carbonyl (C=O) groups excluding carboxylic acids is 2. The maximum atomic E-state index is 12.9. The Labute approximate surface area is 125 Å². The van der Waals surface area contributed by atoms with Crippen molar-refractivity contribution in [1.82, 2.24) is 5.32 Å². The first-order chi connectivity index (χ1) is 9.95. The Morgan fingerprint density at radius 1 is 1.29 bits per heavy atom. The Bertz CT molecular complexity index is 609. The SMILES string of the molecule is CC(C)C1(C)CC(=O)N(c2cccc3c2CNCC3)C1=O. The van der Waals surface area contributed by atoms with E-state index in [1.165, 1.54) is 10.5 Å². The third kappa shape index (κ3) is 2.09. The second-order valence-electron chi connectivity index (χ2n) is 6.62. The van der Waals surface area contributed by atoms with Gasteiger partial charge >= 0.3 is 0 Å². The molecule has 1 N–H and O–H groups in total. The highest BCUT2D eigenvalue weighted by atomic mass is 16.2. The monoisotopic (exact) mass is 286 g/mol. The lowest BCUT2D eigenvalue weighted by atomic mass is 9.78. The average molecular weight is 286 g/mol. The van der Waals surface area contributed by atoms with E-state index >= 15 is 0 Å². The van der Waals surface area contributed by atoms with Gasteiger partial charge in [-0.2, -0.15) is 0 Å². The molecule has 0 aromatic heterocycles. The molecule has 1 aromatic rings. The molecule has 0 spiro atoms. The fourth-order valence-electron chi connectivity index (χ4n) is 3.24. The van der Waals surface area contributed by atoms with Gasteiger partial charge in [0.2, 0.25) is 11.8 Å². The summed E-state index contributed by atoms with van der Waals surface area (Å²) in [5.74, 6) is 0.0215. The number of amides is 2. The summed E-state index contributed by atoms with van der Waals surface area (Å²) in [6, 6.07) is 5.94. The summed E-state index contributed by atoms with van der Waals surface area (Å²) in [6.45, 7) is 7.60. The van der Waals surface area contributed by atoms with E-state index < -0.39 is 5.41 Å². The van der Waals surface area contributed by atoms with Crippen LogP contribution >= 0.6 is 0 Å². The lowest BCUT2D eigenvalue weighted by molar-refractivity contribution is -0.126. The molecule has 1 fully saturated rings. The number of nitrogens with zero attached hydrogens (tertiary/aromatic N) is 1. The van der Waals surface area contributed by atoms with Crippen molar-refractivity contribution in [1.29, 1.82) is 0 Å². The molecule has 4 heteroatoms. The van der Waals surface area contributed by atoms with Crippen molar-refractivity contribution in [2.45, 2.75) is 40.2 Å². The molecule has 2 heterocycles. The summed E-state index contributed by atoms with van der Waals surface area (Å²) in [6.07, 6.45) is 1.25. The number of anilines is 1. The van der Waals surface area contributed by atoms with Crippen molar-refractivity contribution in [3.8, 4) is 0 Å². The molecule has 3 rings (SSSR count). The normalized spacial score (nSPS) is 25.6. The third-order valence-electron chi connectivity index (χ3n) is 5.10. The standard InChI is InChI=1S/C17H22N2O2/c1-11(2)17(3)9-15(20)19(16(17)21)14-6-4-5-12-7-8-18-10-13(12)14/h4-6,11,18H,7-10H2,1-3H3. The molecule has 4 nitrogen and oxygen atoms in total. The second-order valence-corrected chi connectivity index (χ2v) is 6.62. The molecule has 0 saturated carbocycles. The number of hydrogen-bond acceptors (Lipinski definition) is 3. The predicted molar refractivity (Wildman–Crippen MR) is 81.9 cm³/mol. The zero-order chi connectivity index (χ0) is 15.2. The predicted octanol–water partition coefficient (Wildman–Crippen LogP) is 2.26. The van der Waals surface area contributed by atoms with Crippen LogP contribution < -0.4 is 10.2 Å². The smallest absolute Gasteiger partial charge is 0.240 e. The maximum absolute atomic E-state index is 12.9. The zero-order valence-electron chi connectivity index (χ0n) is 12.9. The van der Waals surface area contributed by atoms with Crippen LogP contribution in [0.5, 0.6) is 0 Å². The number of nitrogens with one attached hydrogen (secondary N) is 1. The highest BCUT2D eigenvalue weighted by Gasteiger charge is 2.51. The first-order valence-corrected chi connectivity index (χ1v) is 7.64. The van der Waals surface area contributed by atoms with Crippen LogP contribution in [-0.4, -0.2) is 18.4 Å². The molecular formula is C17H22N2O2. The van der Waals surface area contributed by atoms with Gasteiger partial charge in [0, 0.05) is 13.0 Å². The number of carbonyl (C=O) groups is 2. The molecule has 0 aliphatic carbocycles. The average Bonchev–Trinajstić information content (AvgIpc) is 2.70. The lowest BCUT2D eigenvalue weighted by Gasteiger charge is -2.28. The summed E-state index contributed by atoms with van der Waals surface area (Å²) in [5.41, 5.74) is 2.53. The summed E-state index contributed by atoms with van der Waals surface area (Å²) in [4.78, 5) is 26.7. The molecule has 2 aliphatic heterocycles. The third-order valence-corrected chi connectivity index (χ3v) is 5.10. The van der Waals surface area contributed by atoms with E-state index in [1.54, 1.807) is 0 Å². The summed E-state index contributed by atoms with van der Waals surface area (Å²) in [5, 5.41) is 3.33. The molecule has 1 saturated heterocycles. The van der Waals surface area contributed by atoms with Gasteiger partial charge in [0.15, 0.2) is 0 Å². The van der Waals surface area contributed by atoms with Gasteiger partial charge in [0.05, 0.1) is 11.1 Å². The molecule has 2 aliphatic rings. The Kier molecular flexibility index (Phi) is 3.36. The number of benzene rings is 1. The Balaban J connectivity index is 2.06. The quantitative estimate of drug-likeness (QED) is 0.848. The van der Waals surface area contributed by atoms with Crippen LogP contribution in [0, 0.1) is 11.3 Å². The molecule has 1 aromatic carbocycles. The minimum atomic E-state index is -0.581. The van der Waals surface area contributed by atoms with Crippen molar-refractivity contribution < 1.29 is 9.59 Å². The molecule has 0 radical (unpaired) electrons. The summed E-state index contributed by atoms with van der Waals surface area (Å²) < 4.78 is 0. The van der Waals surface area contributed by atoms with E-state index in [4.69, 9.17) is 0 Å². The molecular weight excluding hydrogens is 264 g/mol. The first-order valence-electron chi connectivity index (χ1n) is 7.64. The molecule has 1 unspecified atom stereocenters. The van der Waals surface area contributed by atoms with Crippen LogP contribution in [0.15, 0.2) is 18.2 Å². The summed E-state index contributed by atoms with van der Waals surface area (Å²) in [7, 11) is 0. The van der Waals surface area contributed by atoms with Gasteiger partial charge in [0.25, 0.3) is 0 Å². The molecule has 2 amide bonds. The fraction of sp³-hybridized carbons (Fsp3) is 0.529. The Morgan fingerprint density at radius 2 is 2.05 bits per heavy atom. The lowest BCUT2D eigenvalue weighted by Crippen LogP contribution is -2.38. The van der Waals surface area contributed by atoms with Gasteiger partial charge in [-0.05, 0) is 43.0 Å². The van der Waals surface area contributed by atoms with Crippen molar-refractivity contribution in [2.75, 3.05) is 11.4 Å². The number of fused-ring (bicyclic) bond motifs is 1. The zero-order valence-corrected chi connectivity index (χ0v) is 12.9. The molecule has 112 valence electrons. The number of imide groups is 1. The van der Waals surface area contributed by atoms with Crippen LogP contribution in [-0.2, 0) is 22.6 Å². The van der Waals surface area contributed by atoms with Gasteiger partial charge in [-0.25, -0.2) is 4.90 Å². The van der Waals surface area contributed by atoms with E-state index in [1.807, 2.05) is 32.9 Å². The van der Waals surface area contributed by atoms with Gasteiger partial charge in [0.1, 0.15) is 0 Å². The van der Waals surface area contributed by atoms with Crippen molar-refractivity contribution in [3.63, 3.8) is 0 Å². The molecule has 1 atom stereocenters. The van der Waals surface area contributed by atoms with E-state index in [0.29, 0.717) is 6.42 Å². The van der Waals surface area contributed by atoms with E-state index in [-0.39, 0.29) is 17.7 Å². The number of hydrogen-bond donors (Lipinski definition) is 1. The van der Waals surface area contributed by atoms with Gasteiger partial charge in [-0.3, -0.25) is 9.59 Å². The van der Waals surface area contributed by atoms with E-state index in [9.17, 15) is 9.59 Å². The van der Waals surface area contributed by atoms with E-state index in [0.717, 1.165) is 30.8 Å². The van der Waals surface area contributed by atoms with Crippen molar-refractivity contribution >= 4 is 17.5 Å².